The lowest BCUT2D eigenvalue weighted by Crippen LogP contribution is -2.61. The van der Waals surface area contributed by atoms with Crippen molar-refractivity contribution in [3.8, 4) is 0 Å². The molecule has 0 bridgehead atoms. The van der Waals surface area contributed by atoms with Crippen molar-refractivity contribution >= 4 is 73.1 Å². The number of fused-ring (bicyclic) bond motifs is 7. The molecule has 0 fully saturated rings. The lowest BCUT2D eigenvalue weighted by Gasteiger charge is -2.44. The van der Waals surface area contributed by atoms with E-state index >= 15 is 0 Å². The van der Waals surface area contributed by atoms with Crippen molar-refractivity contribution in [2.45, 2.75) is 0 Å². The molecule has 0 radical (unpaired) electrons. The lowest BCUT2D eigenvalue weighted by atomic mass is 9.33. The van der Waals surface area contributed by atoms with Gasteiger partial charge in [-0.15, -0.1) is 0 Å². The second-order valence-electron chi connectivity index (χ2n) is 10.7. The fourth-order valence-electron chi connectivity index (χ4n) is 6.88. The Labute approximate surface area is 240 Å². The van der Waals surface area contributed by atoms with Gasteiger partial charge in [0.2, 0.25) is 0 Å². The fourth-order valence-corrected chi connectivity index (χ4v) is 6.88. The van der Waals surface area contributed by atoms with Gasteiger partial charge in [-0.2, -0.15) is 0 Å². The van der Waals surface area contributed by atoms with Gasteiger partial charge in [-0.25, -0.2) is 0 Å². The Bertz CT molecular complexity index is 2060. The van der Waals surface area contributed by atoms with Crippen LogP contribution in [0.5, 0.6) is 0 Å². The molecular formula is C38H27BN2. The van der Waals surface area contributed by atoms with Crippen LogP contribution in [0.1, 0.15) is 0 Å². The molecule has 0 saturated heterocycles. The van der Waals surface area contributed by atoms with Crippen molar-refractivity contribution in [1.29, 1.82) is 0 Å². The summed E-state index contributed by atoms with van der Waals surface area (Å²) >= 11 is 0. The summed E-state index contributed by atoms with van der Waals surface area (Å²) in [4.78, 5) is 4.80. The first-order valence-corrected chi connectivity index (χ1v) is 14.1. The maximum absolute atomic E-state index is 4.20. The summed E-state index contributed by atoms with van der Waals surface area (Å²) in [6.07, 6.45) is 5.82. The normalized spacial score (nSPS) is 13.6. The summed E-state index contributed by atoms with van der Waals surface area (Å²) in [5.74, 6) is 0. The van der Waals surface area contributed by atoms with Crippen LogP contribution in [0.25, 0.3) is 21.5 Å². The molecular weight excluding hydrogens is 495 g/mol. The van der Waals surface area contributed by atoms with E-state index in [9.17, 15) is 0 Å². The van der Waals surface area contributed by atoms with Crippen LogP contribution in [0.4, 0.5) is 28.4 Å². The molecule has 2 nitrogen and oxygen atoms in total. The molecule has 8 rings (SSSR count). The largest absolute Gasteiger partial charge is 0.311 e. The van der Waals surface area contributed by atoms with Gasteiger partial charge < -0.3 is 9.80 Å². The molecule has 6 aromatic carbocycles. The van der Waals surface area contributed by atoms with Gasteiger partial charge in [-0.3, -0.25) is 0 Å². The predicted octanol–water partition coefficient (Wildman–Crippen LogP) is 8.00. The number of anilines is 5. The lowest BCUT2D eigenvalue weighted by molar-refractivity contribution is 1.21. The second-order valence-corrected chi connectivity index (χ2v) is 10.7. The Kier molecular flexibility index (Phi) is 5.26. The predicted molar refractivity (Wildman–Crippen MR) is 178 cm³/mol. The van der Waals surface area contributed by atoms with Gasteiger partial charge in [-0.1, -0.05) is 104 Å². The Morgan fingerprint density at radius 3 is 2.05 bits per heavy atom. The van der Waals surface area contributed by atoms with Gasteiger partial charge in [0.1, 0.15) is 0 Å². The molecule has 192 valence electrons. The maximum Gasteiger partial charge on any atom is 0.252 e. The summed E-state index contributed by atoms with van der Waals surface area (Å²) in [6.45, 7) is 8.28. The monoisotopic (exact) mass is 522 g/mol. The van der Waals surface area contributed by atoms with Crippen molar-refractivity contribution in [3.63, 3.8) is 0 Å². The first-order chi connectivity index (χ1) is 20.3. The number of hydrogen-bond donors (Lipinski definition) is 0. The van der Waals surface area contributed by atoms with Gasteiger partial charge in [0, 0.05) is 34.1 Å². The number of rotatable bonds is 4. The van der Waals surface area contributed by atoms with Crippen molar-refractivity contribution in [2.24, 2.45) is 0 Å². The highest BCUT2D eigenvalue weighted by molar-refractivity contribution is 7.01. The van der Waals surface area contributed by atoms with E-state index in [1.165, 1.54) is 60.7 Å². The van der Waals surface area contributed by atoms with Crippen molar-refractivity contribution in [1.82, 2.24) is 0 Å². The van der Waals surface area contributed by atoms with E-state index in [-0.39, 0.29) is 6.71 Å². The smallest absolute Gasteiger partial charge is 0.252 e. The van der Waals surface area contributed by atoms with Gasteiger partial charge in [-0.05, 0) is 86.5 Å². The minimum Gasteiger partial charge on any atom is -0.311 e. The van der Waals surface area contributed by atoms with E-state index in [0.29, 0.717) is 0 Å². The van der Waals surface area contributed by atoms with E-state index in [4.69, 9.17) is 0 Å². The number of hydrogen-bond acceptors (Lipinski definition) is 2. The van der Waals surface area contributed by atoms with Gasteiger partial charge >= 0.3 is 0 Å². The summed E-state index contributed by atoms with van der Waals surface area (Å²) < 4.78 is 0. The zero-order valence-corrected chi connectivity index (χ0v) is 22.7. The quantitative estimate of drug-likeness (QED) is 0.171. The summed E-state index contributed by atoms with van der Waals surface area (Å²) in [5, 5.41) is 5.01. The number of allylic oxidation sites excluding steroid dienone is 3. The Hall–Kier alpha value is -5.28. The molecule has 2 aliphatic heterocycles. The van der Waals surface area contributed by atoms with E-state index in [1.807, 2.05) is 18.2 Å². The summed E-state index contributed by atoms with van der Waals surface area (Å²) in [7, 11) is 0. The maximum atomic E-state index is 4.20. The van der Waals surface area contributed by atoms with Crippen molar-refractivity contribution in [3.05, 3.63) is 158 Å². The highest BCUT2D eigenvalue weighted by Crippen LogP contribution is 2.44. The van der Waals surface area contributed by atoms with E-state index in [0.717, 1.165) is 11.4 Å². The van der Waals surface area contributed by atoms with E-state index in [2.05, 4.69) is 144 Å². The van der Waals surface area contributed by atoms with Crippen LogP contribution in [-0.4, -0.2) is 6.71 Å². The molecule has 0 atom stereocenters. The SMILES string of the molecule is C=C/C=C(\C=C)N1c2cccc3c2B(c2cc4ccccc4cc2N3c2ccccc2)c2c1ccc1ccccc21. The first-order valence-electron chi connectivity index (χ1n) is 14.1. The molecule has 6 aromatic rings. The van der Waals surface area contributed by atoms with Crippen molar-refractivity contribution in [2.75, 3.05) is 9.80 Å². The summed E-state index contributed by atoms with van der Waals surface area (Å²) in [5.41, 5.74) is 10.9. The average molecular weight is 522 g/mol. The molecule has 0 aromatic heterocycles. The fraction of sp³-hybridized carbons (Fsp3) is 0. The summed E-state index contributed by atoms with van der Waals surface area (Å²) in [6, 6.07) is 44.2. The van der Waals surface area contributed by atoms with E-state index in [1.54, 1.807) is 0 Å². The third-order valence-electron chi connectivity index (χ3n) is 8.53. The van der Waals surface area contributed by atoms with E-state index < -0.39 is 0 Å². The molecule has 0 aliphatic carbocycles. The van der Waals surface area contributed by atoms with Crippen LogP contribution in [0.15, 0.2) is 158 Å². The minimum absolute atomic E-state index is 0.0629. The van der Waals surface area contributed by atoms with Gasteiger partial charge in [0.15, 0.2) is 0 Å². The Morgan fingerprint density at radius 1 is 0.585 bits per heavy atom. The van der Waals surface area contributed by atoms with Crippen molar-refractivity contribution < 1.29 is 0 Å². The van der Waals surface area contributed by atoms with Crippen LogP contribution < -0.4 is 26.2 Å². The Morgan fingerprint density at radius 2 is 1.27 bits per heavy atom. The highest BCUT2D eigenvalue weighted by atomic mass is 15.2. The van der Waals surface area contributed by atoms with Crippen LogP contribution >= 0.6 is 0 Å². The zero-order valence-electron chi connectivity index (χ0n) is 22.7. The molecule has 0 N–H and O–H groups in total. The Balaban J connectivity index is 1.56. The standard InChI is InChI=1S/C38H27BN2/c1-3-13-29(4-2)40-33-20-12-21-34-38(33)39(37-31-19-11-10-14-26(31)22-23-35(37)40)32-24-27-15-8-9-16-28(27)25-36(32)41(34)30-17-6-5-7-18-30/h3-25H,1-2H2/b29-13+. The molecule has 0 unspecified atom stereocenters. The van der Waals surface area contributed by atoms with Gasteiger partial charge in [0.25, 0.3) is 6.71 Å². The first kappa shape index (κ1) is 23.6. The molecule has 0 spiro atoms. The molecule has 3 heteroatoms. The van der Waals surface area contributed by atoms with Crippen LogP contribution in [0.2, 0.25) is 0 Å². The van der Waals surface area contributed by atoms with Crippen LogP contribution in [0, 0.1) is 0 Å². The van der Waals surface area contributed by atoms with Gasteiger partial charge in [0.05, 0.1) is 0 Å². The third-order valence-corrected chi connectivity index (χ3v) is 8.53. The van der Waals surface area contributed by atoms with Crippen LogP contribution in [-0.2, 0) is 0 Å². The number of nitrogens with zero attached hydrogens (tertiary/aromatic N) is 2. The zero-order chi connectivity index (χ0) is 27.5. The molecule has 0 saturated carbocycles. The minimum atomic E-state index is 0.0629. The molecule has 41 heavy (non-hydrogen) atoms. The third kappa shape index (κ3) is 3.39. The number of para-hydroxylation sites is 1. The topological polar surface area (TPSA) is 6.48 Å². The molecule has 2 aliphatic rings. The second kappa shape index (κ2) is 9.14. The van der Waals surface area contributed by atoms with Crippen LogP contribution in [0.3, 0.4) is 0 Å². The average Bonchev–Trinajstić information content (AvgIpc) is 3.03. The number of benzene rings is 6. The highest BCUT2D eigenvalue weighted by Gasteiger charge is 2.44. The molecule has 0 amide bonds. The molecule has 2 heterocycles.